The minimum absolute atomic E-state index is 0.0541. The molecule has 2 aliphatic rings. The molecule has 192 valence electrons. The molecule has 0 N–H and O–H groups in total. The Hall–Kier alpha value is -4.38. The summed E-state index contributed by atoms with van der Waals surface area (Å²) in [7, 11) is 1.90. The topological polar surface area (TPSA) is 82.5 Å². The number of piperidine rings is 2. The van der Waals surface area contributed by atoms with Crippen molar-refractivity contribution in [2.75, 3.05) is 31.1 Å². The normalized spacial score (nSPS) is 17.1. The highest BCUT2D eigenvalue weighted by Crippen LogP contribution is 2.42. The number of nitriles is 1. The van der Waals surface area contributed by atoms with Gasteiger partial charge in [-0.2, -0.15) is 15.5 Å². The lowest BCUT2D eigenvalue weighted by molar-refractivity contribution is -0.128. The van der Waals surface area contributed by atoms with Crippen molar-refractivity contribution in [2.45, 2.75) is 25.7 Å². The fourth-order valence-electron chi connectivity index (χ4n) is 6.07. The molecule has 0 unspecified atom stereocenters. The van der Waals surface area contributed by atoms with E-state index >= 15 is 0 Å². The summed E-state index contributed by atoms with van der Waals surface area (Å²) < 4.78 is 3.58. The number of fused-ring (bicyclic) bond motifs is 1. The third kappa shape index (κ3) is 4.24. The average Bonchev–Trinajstić information content (AvgIpc) is 3.59. The molecular weight excluding hydrogens is 474 g/mol. The highest BCUT2D eigenvalue weighted by atomic mass is 16.2. The fraction of sp³-hybridized carbons (Fsp3) is 0.333. The van der Waals surface area contributed by atoms with Crippen molar-refractivity contribution in [1.29, 1.82) is 5.26 Å². The number of rotatable bonds is 4. The van der Waals surface area contributed by atoms with Gasteiger partial charge in [0.05, 0.1) is 23.5 Å². The van der Waals surface area contributed by atoms with Crippen molar-refractivity contribution >= 4 is 17.1 Å². The maximum Gasteiger partial charge on any atom is 0.245 e. The first-order valence-corrected chi connectivity index (χ1v) is 13.2. The van der Waals surface area contributed by atoms with Crippen LogP contribution >= 0.6 is 0 Å². The Bertz CT molecular complexity index is 1540. The molecule has 6 rings (SSSR count). The number of hydrogen-bond acceptors (Lipinski definition) is 5. The summed E-state index contributed by atoms with van der Waals surface area (Å²) in [5.74, 6) is 0.0541. The average molecular weight is 506 g/mol. The van der Waals surface area contributed by atoms with Crippen LogP contribution in [0.2, 0.25) is 0 Å². The maximum atomic E-state index is 12.0. The van der Waals surface area contributed by atoms with Gasteiger partial charge in [0, 0.05) is 68.0 Å². The number of amides is 1. The van der Waals surface area contributed by atoms with E-state index in [9.17, 15) is 10.1 Å². The molecule has 2 aliphatic heterocycles. The molecular formula is C30H31N7O. The molecule has 2 saturated heterocycles. The number of hydrogen-bond donors (Lipinski definition) is 0. The zero-order valence-electron chi connectivity index (χ0n) is 21.7. The van der Waals surface area contributed by atoms with E-state index in [1.165, 1.54) is 11.8 Å². The molecule has 1 amide bonds. The van der Waals surface area contributed by atoms with E-state index in [4.69, 9.17) is 0 Å². The number of benzene rings is 1. The second-order valence-corrected chi connectivity index (χ2v) is 10.6. The van der Waals surface area contributed by atoms with Gasteiger partial charge in [-0.1, -0.05) is 18.7 Å². The molecule has 0 aliphatic carbocycles. The number of aryl methyl sites for hydroxylation is 1. The summed E-state index contributed by atoms with van der Waals surface area (Å²) in [4.78, 5) is 16.4. The van der Waals surface area contributed by atoms with Gasteiger partial charge >= 0.3 is 0 Å². The van der Waals surface area contributed by atoms with Gasteiger partial charge in [-0.25, -0.2) is 4.52 Å². The summed E-state index contributed by atoms with van der Waals surface area (Å²) >= 11 is 0. The zero-order chi connectivity index (χ0) is 26.3. The number of likely N-dealkylation sites (tertiary alicyclic amines) is 1. The van der Waals surface area contributed by atoms with Gasteiger partial charge in [0.25, 0.3) is 0 Å². The highest BCUT2D eigenvalue weighted by molar-refractivity contribution is 5.88. The zero-order valence-corrected chi connectivity index (χ0v) is 21.7. The van der Waals surface area contributed by atoms with Crippen LogP contribution in [0.1, 0.15) is 31.2 Å². The number of carbonyl (C=O) groups excluding carboxylic acids is 1. The molecule has 38 heavy (non-hydrogen) atoms. The summed E-state index contributed by atoms with van der Waals surface area (Å²) in [6.07, 6.45) is 13.3. The Morgan fingerprint density at radius 1 is 0.974 bits per heavy atom. The van der Waals surface area contributed by atoms with Crippen molar-refractivity contribution in [1.82, 2.24) is 24.3 Å². The minimum atomic E-state index is 0.0541. The van der Waals surface area contributed by atoms with E-state index in [-0.39, 0.29) is 5.91 Å². The van der Waals surface area contributed by atoms with E-state index < -0.39 is 0 Å². The van der Waals surface area contributed by atoms with Gasteiger partial charge in [0.15, 0.2) is 0 Å². The van der Waals surface area contributed by atoms with Gasteiger partial charge in [-0.3, -0.25) is 9.48 Å². The van der Waals surface area contributed by atoms with Crippen LogP contribution in [0.5, 0.6) is 0 Å². The Morgan fingerprint density at radius 2 is 1.68 bits per heavy atom. The lowest BCUT2D eigenvalue weighted by Gasteiger charge is -2.47. The van der Waals surface area contributed by atoms with Gasteiger partial charge in [-0.05, 0) is 60.9 Å². The van der Waals surface area contributed by atoms with Crippen molar-refractivity contribution in [3.05, 3.63) is 73.3 Å². The third-order valence-corrected chi connectivity index (χ3v) is 8.45. The van der Waals surface area contributed by atoms with E-state index in [1.807, 2.05) is 30.5 Å². The quantitative estimate of drug-likeness (QED) is 0.377. The first kappa shape index (κ1) is 24.0. The largest absolute Gasteiger partial charge is 0.371 e. The summed E-state index contributed by atoms with van der Waals surface area (Å²) in [6.45, 7) is 7.36. The molecule has 1 spiro atoms. The van der Waals surface area contributed by atoms with Crippen molar-refractivity contribution < 1.29 is 4.79 Å². The molecule has 1 aromatic carbocycles. The molecule has 5 heterocycles. The van der Waals surface area contributed by atoms with E-state index in [2.05, 4.69) is 58.1 Å². The van der Waals surface area contributed by atoms with Gasteiger partial charge in [0.2, 0.25) is 5.91 Å². The highest BCUT2D eigenvalue weighted by Gasteiger charge is 2.38. The molecule has 0 atom stereocenters. The lowest BCUT2D eigenvalue weighted by atomic mass is 9.71. The number of carbonyl (C=O) groups is 1. The predicted octanol–water partition coefficient (Wildman–Crippen LogP) is 4.67. The molecule has 0 bridgehead atoms. The monoisotopic (exact) mass is 505 g/mol. The molecule has 0 radical (unpaired) electrons. The summed E-state index contributed by atoms with van der Waals surface area (Å²) in [5, 5.41) is 18.5. The predicted molar refractivity (Wildman–Crippen MR) is 147 cm³/mol. The van der Waals surface area contributed by atoms with Crippen molar-refractivity contribution in [2.24, 2.45) is 12.5 Å². The Labute approximate surface area is 222 Å². The number of pyridine rings is 1. The van der Waals surface area contributed by atoms with Crippen molar-refractivity contribution in [3.8, 4) is 28.3 Å². The fourth-order valence-corrected chi connectivity index (χ4v) is 6.07. The number of nitrogens with zero attached hydrogens (tertiary/aromatic N) is 7. The minimum Gasteiger partial charge on any atom is -0.371 e. The second kappa shape index (κ2) is 9.49. The Balaban J connectivity index is 1.22. The van der Waals surface area contributed by atoms with Crippen LogP contribution in [-0.4, -0.2) is 56.4 Å². The van der Waals surface area contributed by atoms with Crippen LogP contribution in [0, 0.1) is 16.7 Å². The third-order valence-electron chi connectivity index (χ3n) is 8.45. The van der Waals surface area contributed by atoms with E-state index in [0.29, 0.717) is 11.0 Å². The molecule has 3 aromatic heterocycles. The van der Waals surface area contributed by atoms with Crippen LogP contribution in [0.25, 0.3) is 27.8 Å². The first-order chi connectivity index (χ1) is 18.5. The summed E-state index contributed by atoms with van der Waals surface area (Å²) in [5.41, 5.74) is 6.97. The Morgan fingerprint density at radius 3 is 2.32 bits per heavy atom. The van der Waals surface area contributed by atoms with Crippen LogP contribution in [0.3, 0.4) is 0 Å². The van der Waals surface area contributed by atoms with Crippen LogP contribution in [0.4, 0.5) is 5.69 Å². The van der Waals surface area contributed by atoms with Crippen LogP contribution in [-0.2, 0) is 11.8 Å². The smallest absolute Gasteiger partial charge is 0.245 e. The van der Waals surface area contributed by atoms with E-state index in [0.717, 1.165) is 79.6 Å². The lowest BCUT2D eigenvalue weighted by Crippen LogP contribution is -2.48. The second-order valence-electron chi connectivity index (χ2n) is 10.6. The first-order valence-electron chi connectivity index (χ1n) is 13.2. The van der Waals surface area contributed by atoms with Crippen LogP contribution in [0.15, 0.2) is 67.8 Å². The number of anilines is 1. The van der Waals surface area contributed by atoms with Gasteiger partial charge < -0.3 is 9.80 Å². The Kier molecular flexibility index (Phi) is 5.99. The maximum absolute atomic E-state index is 12.0. The number of aromatic nitrogens is 4. The SMILES string of the molecule is C=CC(=O)N1CCC2(CC1)CCN(c1ccc(-c3cc(-c4cnn(C)c4)cn4ncc(C#N)c34)cc1)CC2. The molecule has 2 fully saturated rings. The standard InChI is InChI=1S/C30H31N7O/c1-3-28(38)36-14-10-30(11-15-36)8-12-35(13-9-30)26-6-4-22(5-7-26)27-16-23(25-19-32-34(2)20-25)21-37-29(27)24(17-31)18-33-37/h3-7,16,18-21H,1,8-15H2,2H3. The van der Waals surface area contributed by atoms with Gasteiger partial charge in [-0.15, -0.1) is 0 Å². The molecule has 8 heteroatoms. The molecule has 8 nitrogen and oxygen atoms in total. The molecule has 0 saturated carbocycles. The van der Waals surface area contributed by atoms with Crippen molar-refractivity contribution in [3.63, 3.8) is 0 Å². The summed E-state index contributed by atoms with van der Waals surface area (Å²) in [6, 6.07) is 13.1. The molecule has 4 aromatic rings. The van der Waals surface area contributed by atoms with Crippen LogP contribution < -0.4 is 4.90 Å². The van der Waals surface area contributed by atoms with E-state index in [1.54, 1.807) is 15.4 Å². The van der Waals surface area contributed by atoms with Gasteiger partial charge in [0.1, 0.15) is 6.07 Å².